The fourth-order valence-corrected chi connectivity index (χ4v) is 3.13. The number of amides is 2. The third-order valence-electron chi connectivity index (χ3n) is 4.32. The van der Waals surface area contributed by atoms with Crippen LogP contribution in [0.3, 0.4) is 0 Å². The molecule has 3 aromatic rings. The number of carbonyl (C=O) groups excluding carboxylic acids is 2. The predicted octanol–water partition coefficient (Wildman–Crippen LogP) is 2.72. The molecule has 2 N–H and O–H groups in total. The van der Waals surface area contributed by atoms with Crippen LogP contribution in [0.4, 0.5) is 11.4 Å². The highest BCUT2D eigenvalue weighted by molar-refractivity contribution is 6.08. The van der Waals surface area contributed by atoms with Crippen LogP contribution in [-0.2, 0) is 11.2 Å². The molecule has 0 spiro atoms. The van der Waals surface area contributed by atoms with Gasteiger partial charge in [-0.05, 0) is 42.3 Å². The molecule has 1 aliphatic rings. The quantitative estimate of drug-likeness (QED) is 0.762. The molecule has 4 rings (SSSR count). The van der Waals surface area contributed by atoms with Gasteiger partial charge >= 0.3 is 0 Å². The Morgan fingerprint density at radius 3 is 2.96 bits per heavy atom. The second-order valence-electron chi connectivity index (χ2n) is 5.82. The first kappa shape index (κ1) is 14.4. The van der Waals surface area contributed by atoms with Crippen molar-refractivity contribution in [1.82, 2.24) is 9.97 Å². The highest BCUT2D eigenvalue weighted by atomic mass is 16.2. The molecule has 2 aromatic carbocycles. The molecular weight excluding hydrogens is 304 g/mol. The van der Waals surface area contributed by atoms with Crippen molar-refractivity contribution in [3.8, 4) is 0 Å². The number of carbonyl (C=O) groups is 2. The molecular formula is C18H16N4O2. The minimum atomic E-state index is -0.186. The van der Waals surface area contributed by atoms with Crippen molar-refractivity contribution >= 4 is 34.2 Å². The maximum Gasteiger partial charge on any atom is 0.255 e. The van der Waals surface area contributed by atoms with Crippen LogP contribution >= 0.6 is 0 Å². The topological polar surface area (TPSA) is 78.1 Å². The maximum atomic E-state index is 12.6. The number of benzene rings is 2. The Morgan fingerprint density at radius 1 is 1.25 bits per heavy atom. The molecule has 0 aliphatic carbocycles. The van der Waals surface area contributed by atoms with Gasteiger partial charge in [0.1, 0.15) is 5.52 Å². The zero-order chi connectivity index (χ0) is 16.7. The molecule has 0 saturated heterocycles. The Hall–Kier alpha value is -3.15. The number of H-pyrrole nitrogens is 1. The molecule has 120 valence electrons. The van der Waals surface area contributed by atoms with E-state index in [0.29, 0.717) is 17.8 Å². The van der Waals surface area contributed by atoms with Crippen LogP contribution in [0.25, 0.3) is 11.0 Å². The van der Waals surface area contributed by atoms with Gasteiger partial charge in [-0.25, -0.2) is 4.98 Å². The first-order valence-corrected chi connectivity index (χ1v) is 7.78. The van der Waals surface area contributed by atoms with Crippen LogP contribution in [-0.4, -0.2) is 28.3 Å². The molecule has 6 nitrogen and oxygen atoms in total. The lowest BCUT2D eigenvalue weighted by Gasteiger charge is -2.14. The van der Waals surface area contributed by atoms with Crippen molar-refractivity contribution in [3.63, 3.8) is 0 Å². The van der Waals surface area contributed by atoms with Gasteiger partial charge in [0, 0.05) is 24.7 Å². The van der Waals surface area contributed by atoms with E-state index < -0.39 is 0 Å². The van der Waals surface area contributed by atoms with E-state index in [9.17, 15) is 9.59 Å². The molecule has 0 bridgehead atoms. The number of fused-ring (bicyclic) bond motifs is 2. The van der Waals surface area contributed by atoms with Gasteiger partial charge in [-0.1, -0.05) is 6.07 Å². The van der Waals surface area contributed by atoms with Gasteiger partial charge in [0.25, 0.3) is 5.91 Å². The highest BCUT2D eigenvalue weighted by Gasteiger charge is 2.23. The summed E-state index contributed by atoms with van der Waals surface area (Å²) in [7, 11) is 0. The first-order valence-electron chi connectivity index (χ1n) is 7.78. The van der Waals surface area contributed by atoms with Gasteiger partial charge in [0.2, 0.25) is 5.91 Å². The molecule has 24 heavy (non-hydrogen) atoms. The second-order valence-corrected chi connectivity index (χ2v) is 5.82. The molecule has 0 unspecified atom stereocenters. The van der Waals surface area contributed by atoms with Crippen molar-refractivity contribution in [2.75, 3.05) is 16.8 Å². The van der Waals surface area contributed by atoms with E-state index in [1.54, 1.807) is 24.2 Å². The van der Waals surface area contributed by atoms with E-state index in [1.807, 2.05) is 30.3 Å². The minimum absolute atomic E-state index is 0.0242. The third kappa shape index (κ3) is 2.32. The lowest BCUT2D eigenvalue weighted by molar-refractivity contribution is -0.116. The zero-order valence-electron chi connectivity index (χ0n) is 13.2. The van der Waals surface area contributed by atoms with E-state index in [4.69, 9.17) is 0 Å². The van der Waals surface area contributed by atoms with Crippen molar-refractivity contribution in [3.05, 3.63) is 53.9 Å². The number of hydrogen-bond acceptors (Lipinski definition) is 3. The van der Waals surface area contributed by atoms with Gasteiger partial charge < -0.3 is 15.2 Å². The largest absolute Gasteiger partial charge is 0.345 e. The molecule has 0 radical (unpaired) electrons. The second kappa shape index (κ2) is 5.49. The summed E-state index contributed by atoms with van der Waals surface area (Å²) in [6.45, 7) is 2.22. The third-order valence-corrected chi connectivity index (χ3v) is 4.32. The van der Waals surface area contributed by atoms with E-state index >= 15 is 0 Å². The Balaban J connectivity index is 1.62. The fourth-order valence-electron chi connectivity index (χ4n) is 3.13. The lowest BCUT2D eigenvalue weighted by atomic mass is 10.1. The molecule has 2 heterocycles. The van der Waals surface area contributed by atoms with E-state index in [1.165, 1.54) is 0 Å². The summed E-state index contributed by atoms with van der Waals surface area (Å²) in [6, 6.07) is 11.0. The highest BCUT2D eigenvalue weighted by Crippen LogP contribution is 2.29. The molecule has 2 amide bonds. The van der Waals surface area contributed by atoms with Crippen LogP contribution in [0.1, 0.15) is 22.8 Å². The van der Waals surface area contributed by atoms with Crippen LogP contribution in [0.5, 0.6) is 0 Å². The number of imidazole rings is 1. The monoisotopic (exact) mass is 320 g/mol. The van der Waals surface area contributed by atoms with Crippen molar-refractivity contribution in [2.45, 2.75) is 13.3 Å². The smallest absolute Gasteiger partial charge is 0.255 e. The Labute approximate surface area is 138 Å². The SMILES string of the molecule is CC(=O)N1CCc2cc(C(=O)Nc3cccc4[nH]cnc34)ccc21. The molecule has 0 atom stereocenters. The van der Waals surface area contributed by atoms with Crippen molar-refractivity contribution in [1.29, 1.82) is 0 Å². The summed E-state index contributed by atoms with van der Waals surface area (Å²) in [4.78, 5) is 33.2. The zero-order valence-corrected chi connectivity index (χ0v) is 13.2. The maximum absolute atomic E-state index is 12.6. The van der Waals surface area contributed by atoms with Crippen LogP contribution < -0.4 is 10.2 Å². The number of nitrogens with one attached hydrogen (secondary N) is 2. The molecule has 0 fully saturated rings. The fraction of sp³-hybridized carbons (Fsp3) is 0.167. The molecule has 6 heteroatoms. The van der Waals surface area contributed by atoms with Crippen molar-refractivity contribution in [2.24, 2.45) is 0 Å². The minimum Gasteiger partial charge on any atom is -0.345 e. The summed E-state index contributed by atoms with van der Waals surface area (Å²) >= 11 is 0. The predicted molar refractivity (Wildman–Crippen MR) is 92.2 cm³/mol. The number of nitrogens with zero attached hydrogens (tertiary/aromatic N) is 2. The normalized spacial score (nSPS) is 13.1. The van der Waals surface area contributed by atoms with E-state index in [-0.39, 0.29) is 11.8 Å². The number of aromatic nitrogens is 2. The standard InChI is InChI=1S/C18H16N4O2/c1-11(23)22-8-7-12-9-13(5-6-16(12)22)18(24)21-15-4-2-3-14-17(15)20-10-19-14/h2-6,9-10H,7-8H2,1H3,(H,19,20)(H,21,24). The average Bonchev–Trinajstić information content (AvgIpc) is 3.21. The number of hydrogen-bond donors (Lipinski definition) is 2. The Kier molecular flexibility index (Phi) is 3.30. The van der Waals surface area contributed by atoms with Gasteiger partial charge in [-0.15, -0.1) is 0 Å². The van der Waals surface area contributed by atoms with E-state index in [0.717, 1.165) is 28.7 Å². The summed E-state index contributed by atoms with van der Waals surface area (Å²) in [5.41, 5.74) is 4.77. The summed E-state index contributed by atoms with van der Waals surface area (Å²) in [5, 5.41) is 2.91. The lowest BCUT2D eigenvalue weighted by Crippen LogP contribution is -2.25. The van der Waals surface area contributed by atoms with Crippen LogP contribution in [0.15, 0.2) is 42.7 Å². The van der Waals surface area contributed by atoms with E-state index in [2.05, 4.69) is 15.3 Å². The molecule has 0 saturated carbocycles. The summed E-state index contributed by atoms with van der Waals surface area (Å²) in [5.74, 6) is -0.161. The molecule has 1 aromatic heterocycles. The Morgan fingerprint density at radius 2 is 2.12 bits per heavy atom. The molecule has 1 aliphatic heterocycles. The van der Waals surface area contributed by atoms with Crippen LogP contribution in [0, 0.1) is 0 Å². The Bertz CT molecular complexity index is 961. The summed E-state index contributed by atoms with van der Waals surface area (Å²) in [6.07, 6.45) is 2.37. The number of aromatic amines is 1. The summed E-state index contributed by atoms with van der Waals surface area (Å²) < 4.78 is 0. The number of para-hydroxylation sites is 1. The van der Waals surface area contributed by atoms with Crippen molar-refractivity contribution < 1.29 is 9.59 Å². The van der Waals surface area contributed by atoms with Gasteiger partial charge in [-0.3, -0.25) is 9.59 Å². The number of anilines is 2. The van der Waals surface area contributed by atoms with Gasteiger partial charge in [-0.2, -0.15) is 0 Å². The van der Waals surface area contributed by atoms with Gasteiger partial charge in [0.15, 0.2) is 0 Å². The van der Waals surface area contributed by atoms with Gasteiger partial charge in [0.05, 0.1) is 17.5 Å². The van der Waals surface area contributed by atoms with Crippen LogP contribution in [0.2, 0.25) is 0 Å². The first-order chi connectivity index (χ1) is 11.6. The average molecular weight is 320 g/mol. The number of rotatable bonds is 2.